The highest BCUT2D eigenvalue weighted by Crippen LogP contribution is 2.75. The van der Waals surface area contributed by atoms with Gasteiger partial charge in [0.1, 0.15) is 6.10 Å². The van der Waals surface area contributed by atoms with Crippen molar-refractivity contribution in [2.24, 2.45) is 56.7 Å². The maximum atomic E-state index is 11.9. The van der Waals surface area contributed by atoms with Crippen LogP contribution in [-0.2, 0) is 9.53 Å². The van der Waals surface area contributed by atoms with Gasteiger partial charge in [0.15, 0.2) is 0 Å². The van der Waals surface area contributed by atoms with Gasteiger partial charge in [0.25, 0.3) is 0 Å². The Morgan fingerprint density at radius 3 is 2.18 bits per heavy atom. The molecule has 4 fully saturated rings. The van der Waals surface area contributed by atoms with E-state index in [9.17, 15) is 4.79 Å². The molecule has 0 N–H and O–H groups in total. The van der Waals surface area contributed by atoms with E-state index in [4.69, 9.17) is 4.74 Å². The Balaban J connectivity index is 1.52. The maximum Gasteiger partial charge on any atom is 0.302 e. The number of hydrogen-bond acceptors (Lipinski definition) is 2. The van der Waals surface area contributed by atoms with Gasteiger partial charge in [0, 0.05) is 12.3 Å². The lowest BCUT2D eigenvalue weighted by Crippen LogP contribution is -2.63. The summed E-state index contributed by atoms with van der Waals surface area (Å²) in [4.78, 5) is 11.9. The van der Waals surface area contributed by atoms with E-state index in [2.05, 4.69) is 61.5 Å². The molecule has 0 aromatic heterocycles. The number of carbonyl (C=O) groups is 1. The Bertz CT molecular complexity index is 883. The number of carbonyl (C=O) groups excluding carboxylic acids is 1. The van der Waals surface area contributed by atoms with E-state index >= 15 is 0 Å². The molecule has 0 aliphatic heterocycles. The molecular weight excluding hydrogens is 416 g/mol. The number of hydrogen-bond donors (Lipinski definition) is 0. The van der Waals surface area contributed by atoms with Gasteiger partial charge < -0.3 is 4.74 Å². The Hall–Kier alpha value is -0.790. The summed E-state index contributed by atoms with van der Waals surface area (Å²) in [5.41, 5.74) is 3.45. The van der Waals surface area contributed by atoms with Crippen molar-refractivity contribution in [1.29, 1.82) is 0 Å². The van der Waals surface area contributed by atoms with Crippen LogP contribution in [0.15, 0.2) is 11.6 Å². The van der Waals surface area contributed by atoms with Crippen LogP contribution in [0.25, 0.3) is 0 Å². The Labute approximate surface area is 210 Å². The van der Waals surface area contributed by atoms with Crippen molar-refractivity contribution in [3.05, 3.63) is 11.6 Å². The van der Waals surface area contributed by atoms with Crippen molar-refractivity contribution in [3.8, 4) is 0 Å². The van der Waals surface area contributed by atoms with E-state index in [1.165, 1.54) is 51.4 Å². The maximum absolute atomic E-state index is 11.9. The predicted octanol–water partition coefficient (Wildman–Crippen LogP) is 8.60. The molecule has 0 amide bonds. The van der Waals surface area contributed by atoms with Crippen LogP contribution in [0.2, 0.25) is 0 Å². The fraction of sp³-hybridized carbons (Fsp3) is 0.906. The second-order valence-electron chi connectivity index (χ2n) is 15.4. The van der Waals surface area contributed by atoms with Crippen molar-refractivity contribution in [1.82, 2.24) is 0 Å². The minimum absolute atomic E-state index is 0.0501. The highest BCUT2D eigenvalue weighted by molar-refractivity contribution is 5.66. The van der Waals surface area contributed by atoms with E-state index in [-0.39, 0.29) is 17.5 Å². The zero-order valence-corrected chi connectivity index (χ0v) is 23.7. The third-order valence-corrected chi connectivity index (χ3v) is 13.0. The number of fused-ring (bicyclic) bond motifs is 7. The third-order valence-electron chi connectivity index (χ3n) is 13.0. The van der Waals surface area contributed by atoms with Crippen LogP contribution in [-0.4, -0.2) is 12.1 Å². The van der Waals surface area contributed by atoms with Crippen LogP contribution < -0.4 is 0 Å². The van der Waals surface area contributed by atoms with Gasteiger partial charge in [-0.3, -0.25) is 4.79 Å². The summed E-state index contributed by atoms with van der Waals surface area (Å²) in [5.74, 6) is 3.79. The van der Waals surface area contributed by atoms with Crippen molar-refractivity contribution < 1.29 is 9.53 Å². The molecule has 0 saturated heterocycles. The summed E-state index contributed by atoms with van der Waals surface area (Å²) >= 11 is 0. The van der Waals surface area contributed by atoms with Gasteiger partial charge in [-0.2, -0.15) is 0 Å². The van der Waals surface area contributed by atoms with E-state index in [1.54, 1.807) is 6.92 Å². The topological polar surface area (TPSA) is 26.3 Å². The molecular formula is C32H52O2. The molecule has 34 heavy (non-hydrogen) atoms. The summed E-state index contributed by atoms with van der Waals surface area (Å²) < 4.78 is 5.91. The molecule has 0 bridgehead atoms. The SMILES string of the molecule is CC(=O)O[C@H]1CC[C@@]2(C)[C@H](CC[C@@]3(C)C4=CC[C@@]5(C)CC[C@H](C(C)C)[C@H]5[C@]4(C)CC[C@@H]23)C1(C)C. The summed E-state index contributed by atoms with van der Waals surface area (Å²) in [6.45, 7) is 22.0. The van der Waals surface area contributed by atoms with Gasteiger partial charge in [-0.15, -0.1) is 0 Å². The third kappa shape index (κ3) is 3.14. The first kappa shape index (κ1) is 24.9. The van der Waals surface area contributed by atoms with Gasteiger partial charge in [-0.05, 0) is 109 Å². The largest absolute Gasteiger partial charge is 0.462 e. The second-order valence-corrected chi connectivity index (χ2v) is 15.4. The lowest BCUT2D eigenvalue weighted by Gasteiger charge is -2.69. The first-order valence-electron chi connectivity index (χ1n) is 14.6. The zero-order chi connectivity index (χ0) is 24.9. The van der Waals surface area contributed by atoms with Crippen LogP contribution >= 0.6 is 0 Å². The smallest absolute Gasteiger partial charge is 0.302 e. The minimum atomic E-state index is -0.109. The molecule has 0 aromatic carbocycles. The van der Waals surface area contributed by atoms with Crippen LogP contribution in [0.1, 0.15) is 120 Å². The number of allylic oxidation sites excluding steroid dienone is 2. The molecule has 5 aliphatic rings. The van der Waals surface area contributed by atoms with Crippen LogP contribution in [0.3, 0.4) is 0 Å². The molecule has 9 atom stereocenters. The molecule has 2 nitrogen and oxygen atoms in total. The lowest BCUT2D eigenvalue weighted by atomic mass is 9.35. The highest BCUT2D eigenvalue weighted by Gasteiger charge is 2.68. The fourth-order valence-corrected chi connectivity index (χ4v) is 11.8. The monoisotopic (exact) mass is 468 g/mol. The van der Waals surface area contributed by atoms with Crippen molar-refractivity contribution >= 4 is 5.97 Å². The van der Waals surface area contributed by atoms with E-state index in [0.29, 0.717) is 27.6 Å². The Morgan fingerprint density at radius 1 is 0.882 bits per heavy atom. The van der Waals surface area contributed by atoms with Crippen molar-refractivity contribution in [2.45, 2.75) is 126 Å². The molecule has 5 aliphatic carbocycles. The van der Waals surface area contributed by atoms with E-state index in [1.807, 2.05) is 5.57 Å². The summed E-state index contributed by atoms with van der Waals surface area (Å²) in [7, 11) is 0. The molecule has 5 rings (SSSR count). The molecule has 0 aromatic rings. The first-order valence-corrected chi connectivity index (χ1v) is 14.6. The van der Waals surface area contributed by atoms with Gasteiger partial charge in [0.2, 0.25) is 0 Å². The standard InChI is InChI=1S/C32H52O2/c1-20(2)22-10-15-29(6)16-11-25-31(8)17-12-23-28(4,5)26(34-21(3)33)14-19-30(23,7)24(31)13-18-32(25,9)27(22)29/h11,20,22-24,26-27H,10,12-19H2,1-9H3/t22-,23-,24+,26+,27-,29-,30+,31-,32-/m1/s1. The van der Waals surface area contributed by atoms with Gasteiger partial charge >= 0.3 is 5.97 Å². The molecule has 0 heterocycles. The van der Waals surface area contributed by atoms with Crippen molar-refractivity contribution in [2.75, 3.05) is 0 Å². The average molecular weight is 469 g/mol. The molecule has 192 valence electrons. The fourth-order valence-electron chi connectivity index (χ4n) is 11.8. The summed E-state index contributed by atoms with van der Waals surface area (Å²) in [6.07, 6.45) is 14.6. The number of esters is 1. The average Bonchev–Trinajstić information content (AvgIpc) is 3.08. The number of rotatable bonds is 2. The Kier molecular flexibility index (Phi) is 5.57. The lowest BCUT2D eigenvalue weighted by molar-refractivity contribution is -0.197. The van der Waals surface area contributed by atoms with Crippen molar-refractivity contribution in [3.63, 3.8) is 0 Å². The second kappa shape index (κ2) is 7.61. The predicted molar refractivity (Wildman–Crippen MR) is 140 cm³/mol. The van der Waals surface area contributed by atoms with E-state index in [0.717, 1.165) is 30.1 Å². The summed E-state index contributed by atoms with van der Waals surface area (Å²) in [6, 6.07) is 0. The quantitative estimate of drug-likeness (QED) is 0.299. The first-order chi connectivity index (χ1) is 15.7. The van der Waals surface area contributed by atoms with Crippen LogP contribution in [0.5, 0.6) is 0 Å². The van der Waals surface area contributed by atoms with Gasteiger partial charge in [-0.25, -0.2) is 0 Å². The van der Waals surface area contributed by atoms with Crippen LogP contribution in [0, 0.1) is 56.7 Å². The normalized spacial score (nSPS) is 51.6. The van der Waals surface area contributed by atoms with E-state index < -0.39 is 0 Å². The Morgan fingerprint density at radius 2 is 1.53 bits per heavy atom. The van der Waals surface area contributed by atoms with Crippen LogP contribution in [0.4, 0.5) is 0 Å². The van der Waals surface area contributed by atoms with Gasteiger partial charge in [0.05, 0.1) is 0 Å². The summed E-state index contributed by atoms with van der Waals surface area (Å²) in [5, 5.41) is 0. The zero-order valence-electron chi connectivity index (χ0n) is 23.7. The minimum Gasteiger partial charge on any atom is -0.462 e. The number of ether oxygens (including phenoxy) is 1. The molecule has 4 saturated carbocycles. The van der Waals surface area contributed by atoms with Gasteiger partial charge in [-0.1, -0.05) is 67.0 Å². The molecule has 0 unspecified atom stereocenters. The molecule has 0 radical (unpaired) electrons. The molecule has 0 spiro atoms. The molecule has 2 heteroatoms. The highest BCUT2D eigenvalue weighted by atomic mass is 16.5.